The summed E-state index contributed by atoms with van der Waals surface area (Å²) in [6, 6.07) is 5.42. The maximum atomic E-state index is 12.8. The van der Waals surface area contributed by atoms with E-state index < -0.39 is 0 Å². The van der Waals surface area contributed by atoms with Gasteiger partial charge in [0.25, 0.3) is 12.4 Å². The van der Waals surface area contributed by atoms with E-state index in [1.807, 2.05) is 4.90 Å². The molecule has 2 bridgehead atoms. The summed E-state index contributed by atoms with van der Waals surface area (Å²) >= 11 is 12.2. The van der Waals surface area contributed by atoms with Crippen LogP contribution >= 0.6 is 23.2 Å². The largest absolute Gasteiger partial charge is 0.483 e. The molecule has 0 aromatic heterocycles. The third-order valence-corrected chi connectivity index (χ3v) is 5.03. The van der Waals surface area contributed by atoms with Gasteiger partial charge in [0.15, 0.2) is 0 Å². The zero-order valence-corrected chi connectivity index (χ0v) is 14.8. The van der Waals surface area contributed by atoms with Gasteiger partial charge in [-0.05, 0) is 19.2 Å². The highest BCUT2D eigenvalue weighted by atomic mass is 35.5. The van der Waals surface area contributed by atoms with E-state index in [1.54, 1.807) is 18.2 Å². The van der Waals surface area contributed by atoms with Crippen molar-refractivity contribution >= 4 is 35.6 Å². The van der Waals surface area contributed by atoms with Crippen molar-refractivity contribution in [3.63, 3.8) is 0 Å². The molecule has 0 unspecified atom stereocenters. The van der Waals surface area contributed by atoms with Crippen LogP contribution in [0.4, 0.5) is 0 Å². The van der Waals surface area contributed by atoms with Crippen LogP contribution in [0.3, 0.4) is 0 Å². The first-order valence-corrected chi connectivity index (χ1v) is 8.32. The van der Waals surface area contributed by atoms with Gasteiger partial charge in [0, 0.05) is 25.6 Å². The fourth-order valence-electron chi connectivity index (χ4n) is 3.06. The molecular formula is C16H20Cl2N2O4. The van der Waals surface area contributed by atoms with E-state index in [9.17, 15) is 4.79 Å². The number of hydrogen-bond donors (Lipinski definition) is 1. The minimum absolute atomic E-state index is 0.0466. The monoisotopic (exact) mass is 374 g/mol. The number of ether oxygens (including phenoxy) is 1. The predicted molar refractivity (Wildman–Crippen MR) is 91.8 cm³/mol. The molecule has 2 saturated heterocycles. The Bertz CT molecular complexity index is 599. The first kappa shape index (κ1) is 19.0. The van der Waals surface area contributed by atoms with Crippen LogP contribution in [0, 0.1) is 5.92 Å². The van der Waals surface area contributed by atoms with Crippen LogP contribution in [-0.4, -0.2) is 73.2 Å². The molecule has 2 heterocycles. The van der Waals surface area contributed by atoms with Gasteiger partial charge >= 0.3 is 0 Å². The maximum absolute atomic E-state index is 12.8. The van der Waals surface area contributed by atoms with E-state index in [2.05, 4.69) is 11.9 Å². The number of halogens is 2. The SMILES string of the molecule is CN1C[C@H]2COC[C@@H]1CN(C(=O)c1cccc(Cl)c1Cl)C2.O=CO. The molecule has 1 N–H and O–H groups in total. The van der Waals surface area contributed by atoms with E-state index in [0.29, 0.717) is 47.8 Å². The van der Waals surface area contributed by atoms with E-state index >= 15 is 0 Å². The quantitative estimate of drug-likeness (QED) is 0.762. The first-order chi connectivity index (χ1) is 11.5. The molecule has 8 heteroatoms. The van der Waals surface area contributed by atoms with Gasteiger partial charge in [-0.15, -0.1) is 0 Å². The van der Waals surface area contributed by atoms with Crippen LogP contribution in [0.2, 0.25) is 10.0 Å². The Kier molecular flexibility index (Phi) is 6.86. The summed E-state index contributed by atoms with van der Waals surface area (Å²) in [5.74, 6) is 0.291. The Morgan fingerprint density at radius 2 is 2.00 bits per heavy atom. The summed E-state index contributed by atoms with van der Waals surface area (Å²) < 4.78 is 5.68. The van der Waals surface area contributed by atoms with Crippen molar-refractivity contribution in [1.82, 2.24) is 9.80 Å². The summed E-state index contributed by atoms with van der Waals surface area (Å²) in [4.78, 5) is 25.3. The second kappa shape index (κ2) is 8.67. The third-order valence-electron chi connectivity index (χ3n) is 4.21. The fourth-order valence-corrected chi connectivity index (χ4v) is 3.44. The predicted octanol–water partition coefficient (Wildman–Crippen LogP) is 2.10. The van der Waals surface area contributed by atoms with Gasteiger partial charge in [0.2, 0.25) is 0 Å². The van der Waals surface area contributed by atoms with Gasteiger partial charge in [0.05, 0.1) is 34.9 Å². The van der Waals surface area contributed by atoms with E-state index in [-0.39, 0.29) is 18.4 Å². The number of benzene rings is 1. The molecule has 0 saturated carbocycles. The Balaban J connectivity index is 0.000000647. The zero-order valence-electron chi connectivity index (χ0n) is 13.3. The summed E-state index contributed by atoms with van der Waals surface area (Å²) in [5, 5.41) is 7.64. The highest BCUT2D eigenvalue weighted by molar-refractivity contribution is 6.43. The second-order valence-corrected chi connectivity index (χ2v) is 6.70. The van der Waals surface area contributed by atoms with E-state index in [1.165, 1.54) is 0 Å². The van der Waals surface area contributed by atoms with Crippen molar-refractivity contribution in [2.24, 2.45) is 5.92 Å². The Hall–Kier alpha value is -1.34. The van der Waals surface area contributed by atoms with Crippen molar-refractivity contribution in [3.8, 4) is 0 Å². The molecule has 2 atom stereocenters. The molecule has 1 amide bonds. The summed E-state index contributed by atoms with van der Waals surface area (Å²) in [7, 11) is 2.09. The molecular weight excluding hydrogens is 355 g/mol. The lowest BCUT2D eigenvalue weighted by Crippen LogP contribution is -2.44. The Morgan fingerprint density at radius 3 is 2.71 bits per heavy atom. The average molecular weight is 375 g/mol. The molecule has 0 radical (unpaired) electrons. The van der Waals surface area contributed by atoms with Gasteiger partial charge in [-0.25, -0.2) is 0 Å². The molecule has 24 heavy (non-hydrogen) atoms. The molecule has 2 aliphatic heterocycles. The molecule has 3 rings (SSSR count). The van der Waals surface area contributed by atoms with Crippen molar-refractivity contribution in [2.45, 2.75) is 6.04 Å². The lowest BCUT2D eigenvalue weighted by Gasteiger charge is -2.30. The zero-order chi connectivity index (χ0) is 17.7. The van der Waals surface area contributed by atoms with Crippen LogP contribution in [0.15, 0.2) is 18.2 Å². The molecule has 6 nitrogen and oxygen atoms in total. The van der Waals surface area contributed by atoms with Gasteiger partial charge in [-0.2, -0.15) is 0 Å². The number of nitrogens with zero attached hydrogens (tertiary/aromatic N) is 2. The van der Waals surface area contributed by atoms with E-state index in [4.69, 9.17) is 37.8 Å². The summed E-state index contributed by atoms with van der Waals surface area (Å²) in [6.45, 7) is 3.43. The normalized spacial score (nSPS) is 23.7. The lowest BCUT2D eigenvalue weighted by molar-refractivity contribution is -0.122. The minimum Gasteiger partial charge on any atom is -0.483 e. The molecule has 1 aromatic carbocycles. The van der Waals surface area contributed by atoms with Crippen LogP contribution < -0.4 is 0 Å². The number of rotatable bonds is 1. The summed E-state index contributed by atoms with van der Waals surface area (Å²) in [5.41, 5.74) is 0.479. The van der Waals surface area contributed by atoms with E-state index in [0.717, 1.165) is 6.54 Å². The molecule has 0 aliphatic carbocycles. The Labute approximate surface area is 150 Å². The number of carbonyl (C=O) groups excluding carboxylic acids is 1. The minimum atomic E-state index is -0.250. The number of likely N-dealkylation sites (N-methyl/N-ethyl adjacent to an activating group) is 1. The van der Waals surface area contributed by atoms with Gasteiger partial charge in [0.1, 0.15) is 0 Å². The molecule has 2 fully saturated rings. The van der Waals surface area contributed by atoms with Crippen molar-refractivity contribution in [2.75, 3.05) is 39.9 Å². The van der Waals surface area contributed by atoms with Crippen molar-refractivity contribution in [3.05, 3.63) is 33.8 Å². The Morgan fingerprint density at radius 1 is 1.29 bits per heavy atom. The molecule has 132 valence electrons. The molecule has 2 aliphatic rings. The van der Waals surface area contributed by atoms with Gasteiger partial charge in [-0.1, -0.05) is 29.3 Å². The van der Waals surface area contributed by atoms with Crippen molar-refractivity contribution < 1.29 is 19.4 Å². The maximum Gasteiger partial charge on any atom is 0.290 e. The van der Waals surface area contributed by atoms with Gasteiger partial charge < -0.3 is 14.7 Å². The molecule has 0 spiro atoms. The van der Waals surface area contributed by atoms with Crippen molar-refractivity contribution in [1.29, 1.82) is 0 Å². The van der Waals surface area contributed by atoms with Gasteiger partial charge in [-0.3, -0.25) is 14.5 Å². The standard InChI is InChI=1S/C15H18Cl2N2O2.CH2O2/c1-18-5-10-6-19(7-11(18)9-21-8-10)15(20)12-3-2-4-13(16)14(12)17;2-1-3/h2-4,10-11H,5-9H2,1H3;1H,(H,2,3)/t10-,11+;/m1./s1. The van der Waals surface area contributed by atoms with Crippen LogP contribution in [-0.2, 0) is 9.53 Å². The first-order valence-electron chi connectivity index (χ1n) is 7.57. The highest BCUT2D eigenvalue weighted by Gasteiger charge is 2.34. The number of carbonyl (C=O) groups is 2. The lowest BCUT2D eigenvalue weighted by atomic mass is 10.1. The topological polar surface area (TPSA) is 70.1 Å². The van der Waals surface area contributed by atoms with Crippen LogP contribution in [0.25, 0.3) is 0 Å². The van der Waals surface area contributed by atoms with Crippen LogP contribution in [0.5, 0.6) is 0 Å². The second-order valence-electron chi connectivity index (χ2n) is 5.91. The number of hydrogen-bond acceptors (Lipinski definition) is 4. The smallest absolute Gasteiger partial charge is 0.290 e. The average Bonchev–Trinajstić information content (AvgIpc) is 2.78. The number of amides is 1. The fraction of sp³-hybridized carbons (Fsp3) is 0.500. The highest BCUT2D eigenvalue weighted by Crippen LogP contribution is 2.28. The number of carboxylic acid groups (broad SMARTS) is 1. The van der Waals surface area contributed by atoms with Crippen LogP contribution in [0.1, 0.15) is 10.4 Å². The number of fused-ring (bicyclic) bond motifs is 3. The third kappa shape index (κ3) is 4.39. The summed E-state index contributed by atoms with van der Waals surface area (Å²) in [6.07, 6.45) is 0. The molecule has 1 aromatic rings.